The van der Waals surface area contributed by atoms with E-state index in [0.29, 0.717) is 41.5 Å². The standard InChI is InChI=1S/C19H25N3O5S/c1-13-16(14(2)27-21-13)12-19(23)20-17-11-15(7-8-18(17)26-3)28(24,25)22-9-5-4-6-10-22/h7-8,11H,4-6,9-10,12H2,1-3H3,(H,20,23). The second kappa shape index (κ2) is 8.32. The van der Waals surface area contributed by atoms with Gasteiger partial charge >= 0.3 is 0 Å². The zero-order valence-electron chi connectivity index (χ0n) is 16.3. The van der Waals surface area contributed by atoms with Gasteiger partial charge in [-0.1, -0.05) is 11.6 Å². The molecule has 1 saturated heterocycles. The minimum absolute atomic E-state index is 0.0768. The number of piperidine rings is 1. The molecule has 0 saturated carbocycles. The van der Waals surface area contributed by atoms with Gasteiger partial charge < -0.3 is 14.6 Å². The minimum atomic E-state index is -3.61. The molecule has 1 amide bonds. The fourth-order valence-electron chi connectivity index (χ4n) is 3.31. The molecule has 28 heavy (non-hydrogen) atoms. The van der Waals surface area contributed by atoms with Gasteiger partial charge in [0.15, 0.2) is 0 Å². The fraction of sp³-hybridized carbons (Fsp3) is 0.474. The molecule has 8 nitrogen and oxygen atoms in total. The van der Waals surface area contributed by atoms with Crippen molar-refractivity contribution in [2.24, 2.45) is 0 Å². The van der Waals surface area contributed by atoms with E-state index in [1.807, 2.05) is 0 Å². The summed E-state index contributed by atoms with van der Waals surface area (Å²) in [6, 6.07) is 4.52. The molecule has 1 aromatic carbocycles. The van der Waals surface area contributed by atoms with Gasteiger partial charge in [-0.2, -0.15) is 4.31 Å². The van der Waals surface area contributed by atoms with Crippen LogP contribution in [0.25, 0.3) is 0 Å². The van der Waals surface area contributed by atoms with E-state index >= 15 is 0 Å². The first kappa shape index (κ1) is 20.3. The van der Waals surface area contributed by atoms with Crippen molar-refractivity contribution in [3.63, 3.8) is 0 Å². The highest BCUT2D eigenvalue weighted by Crippen LogP contribution is 2.30. The van der Waals surface area contributed by atoms with E-state index < -0.39 is 10.0 Å². The van der Waals surface area contributed by atoms with E-state index in [1.54, 1.807) is 19.9 Å². The number of carbonyl (C=O) groups is 1. The SMILES string of the molecule is COc1ccc(S(=O)(=O)N2CCCCC2)cc1NC(=O)Cc1c(C)noc1C. The van der Waals surface area contributed by atoms with Crippen LogP contribution in [0.2, 0.25) is 0 Å². The summed E-state index contributed by atoms with van der Waals surface area (Å²) in [4.78, 5) is 12.7. The van der Waals surface area contributed by atoms with Crippen LogP contribution in [0.3, 0.4) is 0 Å². The Bertz CT molecular complexity index is 942. The molecule has 1 aliphatic heterocycles. The minimum Gasteiger partial charge on any atom is -0.495 e. The average Bonchev–Trinajstić information content (AvgIpc) is 3.00. The maximum atomic E-state index is 12.9. The molecule has 0 spiro atoms. The van der Waals surface area contributed by atoms with Crippen LogP contribution >= 0.6 is 0 Å². The average molecular weight is 407 g/mol. The first-order valence-electron chi connectivity index (χ1n) is 9.22. The molecule has 1 aliphatic rings. The smallest absolute Gasteiger partial charge is 0.243 e. The number of benzene rings is 1. The Morgan fingerprint density at radius 1 is 1.25 bits per heavy atom. The van der Waals surface area contributed by atoms with Crippen LogP contribution in [0.1, 0.15) is 36.3 Å². The Labute approximate surface area is 164 Å². The summed E-state index contributed by atoms with van der Waals surface area (Å²) in [5, 5.41) is 6.60. The number of aryl methyl sites for hydroxylation is 2. The molecule has 1 aromatic heterocycles. The lowest BCUT2D eigenvalue weighted by atomic mass is 10.1. The summed E-state index contributed by atoms with van der Waals surface area (Å²) in [6.07, 6.45) is 2.83. The van der Waals surface area contributed by atoms with Crippen LogP contribution in [0, 0.1) is 13.8 Å². The quantitative estimate of drug-likeness (QED) is 0.790. The molecule has 3 rings (SSSR count). The Balaban J connectivity index is 1.84. The van der Waals surface area contributed by atoms with E-state index in [1.165, 1.54) is 23.5 Å². The number of methoxy groups -OCH3 is 1. The highest BCUT2D eigenvalue weighted by atomic mass is 32.2. The Morgan fingerprint density at radius 2 is 1.96 bits per heavy atom. The Morgan fingerprint density at radius 3 is 2.57 bits per heavy atom. The molecule has 2 aromatic rings. The number of amides is 1. The summed E-state index contributed by atoms with van der Waals surface area (Å²) >= 11 is 0. The first-order valence-corrected chi connectivity index (χ1v) is 10.7. The molecule has 0 radical (unpaired) electrons. The molecular weight excluding hydrogens is 382 g/mol. The molecular formula is C19H25N3O5S. The van der Waals surface area contributed by atoms with Crippen molar-refractivity contribution in [1.29, 1.82) is 0 Å². The summed E-state index contributed by atoms with van der Waals surface area (Å²) in [6.45, 7) is 4.55. The third kappa shape index (κ3) is 4.20. The monoisotopic (exact) mass is 407 g/mol. The van der Waals surface area contributed by atoms with Crippen LogP contribution in [-0.2, 0) is 21.2 Å². The topological polar surface area (TPSA) is 102 Å². The van der Waals surface area contributed by atoms with Gasteiger partial charge in [-0.3, -0.25) is 4.79 Å². The van der Waals surface area contributed by atoms with Crippen LogP contribution in [0.4, 0.5) is 5.69 Å². The number of hydrogen-bond donors (Lipinski definition) is 1. The summed E-state index contributed by atoms with van der Waals surface area (Å²) < 4.78 is 37.7. The number of hydrogen-bond acceptors (Lipinski definition) is 6. The van der Waals surface area contributed by atoms with Gasteiger partial charge in [-0.05, 0) is 44.9 Å². The van der Waals surface area contributed by atoms with Gasteiger partial charge in [-0.25, -0.2) is 8.42 Å². The number of anilines is 1. The highest BCUT2D eigenvalue weighted by Gasteiger charge is 2.27. The van der Waals surface area contributed by atoms with E-state index in [0.717, 1.165) is 19.3 Å². The normalized spacial score (nSPS) is 15.4. The third-order valence-electron chi connectivity index (χ3n) is 4.92. The van der Waals surface area contributed by atoms with Crippen LogP contribution in [-0.4, -0.2) is 44.0 Å². The van der Waals surface area contributed by atoms with Gasteiger partial charge in [0.2, 0.25) is 15.9 Å². The molecule has 2 heterocycles. The first-order chi connectivity index (χ1) is 13.3. The number of nitrogens with one attached hydrogen (secondary N) is 1. The second-order valence-corrected chi connectivity index (χ2v) is 8.79. The lowest BCUT2D eigenvalue weighted by Gasteiger charge is -2.26. The Kier molecular flexibility index (Phi) is 6.04. The summed E-state index contributed by atoms with van der Waals surface area (Å²) in [7, 11) is -2.14. The van der Waals surface area contributed by atoms with Crippen LogP contribution < -0.4 is 10.1 Å². The van der Waals surface area contributed by atoms with Gasteiger partial charge in [0.05, 0.1) is 29.8 Å². The highest BCUT2D eigenvalue weighted by molar-refractivity contribution is 7.89. The number of rotatable bonds is 6. The van der Waals surface area contributed by atoms with Crippen molar-refractivity contribution >= 4 is 21.6 Å². The lowest BCUT2D eigenvalue weighted by molar-refractivity contribution is -0.115. The third-order valence-corrected chi connectivity index (χ3v) is 6.81. The van der Waals surface area contributed by atoms with Crippen molar-refractivity contribution in [2.75, 3.05) is 25.5 Å². The van der Waals surface area contributed by atoms with Gasteiger partial charge in [0, 0.05) is 18.7 Å². The van der Waals surface area contributed by atoms with Crippen molar-refractivity contribution in [2.45, 2.75) is 44.4 Å². The van der Waals surface area contributed by atoms with Crippen LogP contribution in [0.5, 0.6) is 5.75 Å². The largest absolute Gasteiger partial charge is 0.495 e. The van der Waals surface area contributed by atoms with E-state index in [2.05, 4.69) is 10.5 Å². The maximum Gasteiger partial charge on any atom is 0.243 e. The van der Waals surface area contributed by atoms with E-state index in [-0.39, 0.29) is 17.2 Å². The van der Waals surface area contributed by atoms with Crippen molar-refractivity contribution in [1.82, 2.24) is 9.46 Å². The molecule has 152 valence electrons. The molecule has 1 fully saturated rings. The number of aromatic nitrogens is 1. The second-order valence-electron chi connectivity index (χ2n) is 6.85. The van der Waals surface area contributed by atoms with Crippen molar-refractivity contribution in [3.8, 4) is 5.75 Å². The number of nitrogens with zero attached hydrogens (tertiary/aromatic N) is 2. The molecule has 0 bridgehead atoms. The van der Waals surface area contributed by atoms with Gasteiger partial charge in [0.25, 0.3) is 0 Å². The van der Waals surface area contributed by atoms with E-state index in [4.69, 9.17) is 9.26 Å². The molecule has 0 aliphatic carbocycles. The van der Waals surface area contributed by atoms with E-state index in [9.17, 15) is 13.2 Å². The number of carbonyl (C=O) groups excluding carboxylic acids is 1. The predicted molar refractivity (Wildman–Crippen MR) is 104 cm³/mol. The lowest BCUT2D eigenvalue weighted by Crippen LogP contribution is -2.35. The van der Waals surface area contributed by atoms with Gasteiger partial charge in [-0.15, -0.1) is 0 Å². The number of ether oxygens (including phenoxy) is 1. The van der Waals surface area contributed by atoms with Crippen LogP contribution in [0.15, 0.2) is 27.6 Å². The predicted octanol–water partition coefficient (Wildman–Crippen LogP) is 2.66. The van der Waals surface area contributed by atoms with Crippen molar-refractivity contribution in [3.05, 3.63) is 35.2 Å². The summed E-state index contributed by atoms with van der Waals surface area (Å²) in [5.41, 5.74) is 1.69. The maximum absolute atomic E-state index is 12.9. The molecule has 0 unspecified atom stereocenters. The zero-order valence-corrected chi connectivity index (χ0v) is 17.1. The summed E-state index contributed by atoms with van der Waals surface area (Å²) in [5.74, 6) is 0.672. The number of sulfonamides is 1. The van der Waals surface area contributed by atoms with Crippen molar-refractivity contribution < 1.29 is 22.5 Å². The fourth-order valence-corrected chi connectivity index (χ4v) is 4.85. The molecule has 1 N–H and O–H groups in total. The molecule has 0 atom stereocenters. The zero-order chi connectivity index (χ0) is 20.3. The molecule has 9 heteroatoms. The van der Waals surface area contributed by atoms with Gasteiger partial charge in [0.1, 0.15) is 11.5 Å². The Hall–Kier alpha value is -2.39.